The van der Waals surface area contributed by atoms with E-state index in [1.165, 1.54) is 19.2 Å². The molecule has 1 N–H and O–H groups in total. The molecule has 7 nitrogen and oxygen atoms in total. The maximum atomic E-state index is 12.4. The number of fused-ring (bicyclic) bond motifs is 1. The molecule has 1 aromatic carbocycles. The van der Waals surface area contributed by atoms with Gasteiger partial charge in [-0.05, 0) is 31.0 Å². The van der Waals surface area contributed by atoms with Crippen LogP contribution in [0.5, 0.6) is 5.88 Å². The minimum Gasteiger partial charge on any atom is -0.480 e. The van der Waals surface area contributed by atoms with Gasteiger partial charge in [0.25, 0.3) is 0 Å². The van der Waals surface area contributed by atoms with Crippen LogP contribution >= 0.6 is 0 Å². The van der Waals surface area contributed by atoms with E-state index >= 15 is 0 Å². The molecule has 0 radical (unpaired) electrons. The van der Waals surface area contributed by atoms with Crippen LogP contribution in [-0.4, -0.2) is 60.2 Å². The molecule has 2 heterocycles. The molecular weight excluding hydrogens is 330 g/mol. The van der Waals surface area contributed by atoms with Crippen molar-refractivity contribution in [2.24, 2.45) is 0 Å². The summed E-state index contributed by atoms with van der Waals surface area (Å²) in [6.45, 7) is 3.11. The van der Waals surface area contributed by atoms with Crippen molar-refractivity contribution in [3.63, 3.8) is 0 Å². The first-order chi connectivity index (χ1) is 12.7. The van der Waals surface area contributed by atoms with E-state index in [1.807, 2.05) is 11.0 Å². The molecular formula is C19H25N5O2. The van der Waals surface area contributed by atoms with Crippen LogP contribution in [0.2, 0.25) is 0 Å². The van der Waals surface area contributed by atoms with Crippen LogP contribution in [0, 0.1) is 0 Å². The predicted octanol–water partition coefficient (Wildman–Crippen LogP) is 2.41. The standard InChI is InChI=1S/C19H25N5O2/c1-26-18-16-12-15(6-7-17(16)20-13-21-18)23-8-10-24(11-9-23)19(25)22-14-4-2-3-5-14/h6-7,12-14H,2-5,8-11H2,1H3,(H,22,25). The number of urea groups is 1. The lowest BCUT2D eigenvalue weighted by atomic mass is 10.2. The summed E-state index contributed by atoms with van der Waals surface area (Å²) in [6, 6.07) is 6.60. The molecule has 1 aliphatic carbocycles. The summed E-state index contributed by atoms with van der Waals surface area (Å²) in [5.74, 6) is 0.589. The SMILES string of the molecule is COc1ncnc2ccc(N3CCN(C(=O)NC4CCCC4)CC3)cc12. The van der Waals surface area contributed by atoms with Gasteiger partial charge in [0, 0.05) is 37.9 Å². The van der Waals surface area contributed by atoms with Crippen LogP contribution in [0.4, 0.5) is 10.5 Å². The Morgan fingerprint density at radius 3 is 2.65 bits per heavy atom. The Kier molecular flexibility index (Phi) is 4.77. The smallest absolute Gasteiger partial charge is 0.317 e. The lowest BCUT2D eigenvalue weighted by molar-refractivity contribution is 0.190. The van der Waals surface area contributed by atoms with Crippen molar-refractivity contribution in [3.05, 3.63) is 24.5 Å². The number of amides is 2. The number of methoxy groups -OCH3 is 1. The second-order valence-electron chi connectivity index (χ2n) is 6.99. The lowest BCUT2D eigenvalue weighted by Gasteiger charge is -2.36. The highest BCUT2D eigenvalue weighted by Crippen LogP contribution is 2.27. The van der Waals surface area contributed by atoms with Crippen molar-refractivity contribution in [3.8, 4) is 5.88 Å². The van der Waals surface area contributed by atoms with E-state index in [1.54, 1.807) is 7.11 Å². The molecule has 2 aliphatic rings. The zero-order valence-electron chi connectivity index (χ0n) is 15.1. The third kappa shape index (κ3) is 3.38. The van der Waals surface area contributed by atoms with Gasteiger partial charge >= 0.3 is 6.03 Å². The molecule has 0 spiro atoms. The minimum absolute atomic E-state index is 0.0881. The second-order valence-corrected chi connectivity index (χ2v) is 6.99. The molecule has 1 aromatic heterocycles. The second kappa shape index (κ2) is 7.35. The lowest BCUT2D eigenvalue weighted by Crippen LogP contribution is -2.53. The molecule has 1 saturated carbocycles. The first kappa shape index (κ1) is 16.9. The summed E-state index contributed by atoms with van der Waals surface area (Å²) in [5, 5.41) is 4.09. The Balaban J connectivity index is 1.41. The molecule has 1 aliphatic heterocycles. The highest BCUT2D eigenvalue weighted by Gasteiger charge is 2.24. The van der Waals surface area contributed by atoms with E-state index in [-0.39, 0.29) is 6.03 Å². The van der Waals surface area contributed by atoms with Crippen LogP contribution < -0.4 is 15.0 Å². The Hall–Kier alpha value is -2.57. The van der Waals surface area contributed by atoms with Crippen LogP contribution in [0.1, 0.15) is 25.7 Å². The third-order valence-corrected chi connectivity index (χ3v) is 5.39. The Labute approximate surface area is 153 Å². The molecule has 0 unspecified atom stereocenters. The van der Waals surface area contributed by atoms with Crippen LogP contribution in [0.25, 0.3) is 10.9 Å². The first-order valence-corrected chi connectivity index (χ1v) is 9.34. The fraction of sp³-hybridized carbons (Fsp3) is 0.526. The third-order valence-electron chi connectivity index (χ3n) is 5.39. The zero-order valence-corrected chi connectivity index (χ0v) is 15.1. The molecule has 2 aromatic rings. The van der Waals surface area contributed by atoms with Gasteiger partial charge in [-0.1, -0.05) is 12.8 Å². The highest BCUT2D eigenvalue weighted by molar-refractivity contribution is 5.86. The normalized spacial score (nSPS) is 18.3. The van der Waals surface area contributed by atoms with E-state index in [0.29, 0.717) is 11.9 Å². The van der Waals surface area contributed by atoms with Gasteiger partial charge < -0.3 is 19.9 Å². The number of aromatic nitrogens is 2. The van der Waals surface area contributed by atoms with Gasteiger partial charge in [-0.25, -0.2) is 14.8 Å². The molecule has 7 heteroatoms. The van der Waals surface area contributed by atoms with Crippen molar-refractivity contribution in [2.45, 2.75) is 31.7 Å². The number of carbonyl (C=O) groups excluding carboxylic acids is 1. The number of carbonyl (C=O) groups is 1. The van der Waals surface area contributed by atoms with Gasteiger partial charge in [0.1, 0.15) is 6.33 Å². The number of nitrogens with one attached hydrogen (secondary N) is 1. The van der Waals surface area contributed by atoms with Gasteiger partial charge in [-0.3, -0.25) is 0 Å². The Morgan fingerprint density at radius 2 is 1.92 bits per heavy atom. The Bertz CT molecular complexity index is 783. The van der Waals surface area contributed by atoms with E-state index in [0.717, 1.165) is 55.6 Å². The predicted molar refractivity (Wildman–Crippen MR) is 101 cm³/mol. The molecule has 26 heavy (non-hydrogen) atoms. The monoisotopic (exact) mass is 355 g/mol. The van der Waals surface area contributed by atoms with Crippen molar-refractivity contribution < 1.29 is 9.53 Å². The van der Waals surface area contributed by atoms with Crippen LogP contribution in [-0.2, 0) is 0 Å². The van der Waals surface area contributed by atoms with Gasteiger partial charge in [-0.15, -0.1) is 0 Å². The van der Waals surface area contributed by atoms with Crippen LogP contribution in [0.3, 0.4) is 0 Å². The number of hydrogen-bond donors (Lipinski definition) is 1. The zero-order chi connectivity index (χ0) is 17.9. The van der Waals surface area contributed by atoms with Crippen molar-refractivity contribution >= 4 is 22.6 Å². The average molecular weight is 355 g/mol. The van der Waals surface area contributed by atoms with E-state index < -0.39 is 0 Å². The minimum atomic E-state index is 0.0881. The van der Waals surface area contributed by atoms with E-state index in [4.69, 9.17) is 4.74 Å². The number of piperazine rings is 1. The maximum absolute atomic E-state index is 12.4. The number of anilines is 1. The topological polar surface area (TPSA) is 70.6 Å². The molecule has 2 fully saturated rings. The molecule has 138 valence electrons. The molecule has 0 atom stereocenters. The summed E-state index contributed by atoms with van der Waals surface area (Å²) in [4.78, 5) is 25.1. The Morgan fingerprint density at radius 1 is 1.15 bits per heavy atom. The number of ether oxygens (including phenoxy) is 1. The quantitative estimate of drug-likeness (QED) is 0.916. The number of rotatable bonds is 3. The molecule has 2 amide bonds. The van der Waals surface area contributed by atoms with Gasteiger partial charge in [0.15, 0.2) is 0 Å². The largest absolute Gasteiger partial charge is 0.480 e. The van der Waals surface area contributed by atoms with Crippen LogP contribution in [0.15, 0.2) is 24.5 Å². The molecule has 4 rings (SSSR count). The van der Waals surface area contributed by atoms with Gasteiger partial charge in [0.2, 0.25) is 5.88 Å². The summed E-state index contributed by atoms with van der Waals surface area (Å²) < 4.78 is 5.35. The number of nitrogens with zero attached hydrogens (tertiary/aromatic N) is 4. The average Bonchev–Trinajstić information content (AvgIpc) is 3.20. The van der Waals surface area contributed by atoms with E-state index in [9.17, 15) is 4.79 Å². The van der Waals surface area contributed by atoms with Gasteiger partial charge in [0.05, 0.1) is 18.0 Å². The van der Waals surface area contributed by atoms with Crippen molar-refractivity contribution in [2.75, 3.05) is 38.2 Å². The van der Waals surface area contributed by atoms with Gasteiger partial charge in [-0.2, -0.15) is 0 Å². The first-order valence-electron chi connectivity index (χ1n) is 9.34. The number of benzene rings is 1. The van der Waals surface area contributed by atoms with E-state index in [2.05, 4.69) is 32.3 Å². The maximum Gasteiger partial charge on any atom is 0.317 e. The fourth-order valence-electron chi connectivity index (χ4n) is 3.88. The summed E-state index contributed by atoms with van der Waals surface area (Å²) >= 11 is 0. The van der Waals surface area contributed by atoms with Crippen molar-refractivity contribution in [1.82, 2.24) is 20.2 Å². The highest BCUT2D eigenvalue weighted by atomic mass is 16.5. The molecule has 1 saturated heterocycles. The number of hydrogen-bond acceptors (Lipinski definition) is 5. The summed E-state index contributed by atoms with van der Waals surface area (Å²) in [7, 11) is 1.62. The van der Waals surface area contributed by atoms with Crippen molar-refractivity contribution in [1.29, 1.82) is 0 Å². The summed E-state index contributed by atoms with van der Waals surface area (Å²) in [6.07, 6.45) is 6.21. The molecule has 0 bridgehead atoms. The summed E-state index contributed by atoms with van der Waals surface area (Å²) in [5.41, 5.74) is 1.98. The fourth-order valence-corrected chi connectivity index (χ4v) is 3.88.